The van der Waals surface area contributed by atoms with E-state index in [1.807, 2.05) is 25.1 Å². The number of non-ortho nitro benzene ring substituents is 1. The topological polar surface area (TPSA) is 114 Å². The van der Waals surface area contributed by atoms with Crippen LogP contribution in [-0.4, -0.2) is 26.7 Å². The largest absolute Gasteiger partial charge is 0.507 e. The number of nitro benzene ring substituents is 1. The predicted molar refractivity (Wildman–Crippen MR) is 138 cm³/mol. The van der Waals surface area contributed by atoms with Gasteiger partial charge < -0.3 is 5.11 Å². The number of carbonyl (C=O) groups is 2. The van der Waals surface area contributed by atoms with Gasteiger partial charge in [-0.05, 0) is 66.1 Å². The van der Waals surface area contributed by atoms with Crippen molar-refractivity contribution in [2.24, 2.45) is 0 Å². The molecule has 1 saturated heterocycles. The van der Waals surface area contributed by atoms with Gasteiger partial charge in [-0.2, -0.15) is 0 Å². The Bertz CT molecular complexity index is 1560. The van der Waals surface area contributed by atoms with Crippen LogP contribution >= 0.6 is 22.9 Å². The molecular formula is C26H18ClN3O5S. The summed E-state index contributed by atoms with van der Waals surface area (Å²) in [5.74, 6) is -2.09. The van der Waals surface area contributed by atoms with Gasteiger partial charge in [-0.1, -0.05) is 35.9 Å². The van der Waals surface area contributed by atoms with Crippen molar-refractivity contribution in [1.29, 1.82) is 0 Å². The lowest BCUT2D eigenvalue weighted by molar-refractivity contribution is -0.384. The maximum Gasteiger partial charge on any atom is 0.301 e. The summed E-state index contributed by atoms with van der Waals surface area (Å²) in [4.78, 5) is 43.1. The molecule has 0 saturated carbocycles. The molecule has 1 aliphatic heterocycles. The Kier molecular flexibility index (Phi) is 6.03. The molecule has 0 radical (unpaired) electrons. The van der Waals surface area contributed by atoms with Crippen LogP contribution in [0, 0.1) is 10.1 Å². The third-order valence-corrected chi connectivity index (χ3v) is 7.31. The summed E-state index contributed by atoms with van der Waals surface area (Å²) in [6, 6.07) is 16.5. The zero-order chi connectivity index (χ0) is 25.6. The number of halogens is 1. The van der Waals surface area contributed by atoms with Crippen LogP contribution in [0.1, 0.15) is 29.7 Å². The van der Waals surface area contributed by atoms with E-state index < -0.39 is 22.7 Å². The maximum atomic E-state index is 13.3. The van der Waals surface area contributed by atoms with E-state index in [0.29, 0.717) is 26.8 Å². The van der Waals surface area contributed by atoms with E-state index in [-0.39, 0.29) is 17.0 Å². The third-order valence-electron chi connectivity index (χ3n) is 6.04. The Morgan fingerprint density at radius 3 is 2.44 bits per heavy atom. The number of benzene rings is 3. The second-order valence-electron chi connectivity index (χ2n) is 8.18. The standard InChI is InChI=1S/C26H18ClN3O5S/c1-2-14-3-12-19-20(13-14)36-26(28-19)29-22(15-6-10-18(11-7-15)30(34)35)21(24(32)25(29)33)23(31)16-4-8-17(27)9-5-16/h3-13,22,31H,2H2,1H3/b23-21+/t22-/m1/s1. The number of fused-ring (bicyclic) bond motifs is 1. The van der Waals surface area contributed by atoms with Crippen molar-refractivity contribution in [3.63, 3.8) is 0 Å². The van der Waals surface area contributed by atoms with Gasteiger partial charge in [0.05, 0.1) is 26.8 Å². The van der Waals surface area contributed by atoms with Gasteiger partial charge >= 0.3 is 5.91 Å². The first-order valence-corrected chi connectivity index (χ1v) is 12.2. The molecule has 1 aliphatic rings. The van der Waals surface area contributed by atoms with E-state index in [4.69, 9.17) is 11.6 Å². The highest BCUT2D eigenvalue weighted by Gasteiger charge is 2.48. The first-order valence-electron chi connectivity index (χ1n) is 11.0. The van der Waals surface area contributed by atoms with Crippen LogP contribution in [0.4, 0.5) is 10.8 Å². The number of ketones is 1. The summed E-state index contributed by atoms with van der Waals surface area (Å²) in [5, 5.41) is 23.1. The number of hydrogen-bond donors (Lipinski definition) is 1. The summed E-state index contributed by atoms with van der Waals surface area (Å²) >= 11 is 7.23. The van der Waals surface area contributed by atoms with Gasteiger partial charge in [0.25, 0.3) is 11.5 Å². The quantitative estimate of drug-likeness (QED) is 0.113. The molecule has 1 aromatic heterocycles. The van der Waals surface area contributed by atoms with Crippen molar-refractivity contribution in [2.75, 3.05) is 4.90 Å². The van der Waals surface area contributed by atoms with Crippen LogP contribution in [0.15, 0.2) is 72.3 Å². The highest BCUT2D eigenvalue weighted by atomic mass is 35.5. The van der Waals surface area contributed by atoms with Crippen LogP contribution in [0.5, 0.6) is 0 Å². The molecule has 180 valence electrons. The SMILES string of the molecule is CCc1ccc2nc(N3C(=O)C(=O)/C(=C(/O)c4ccc(Cl)cc4)[C@H]3c3ccc([N+](=O)[O-])cc3)sc2c1. The van der Waals surface area contributed by atoms with Crippen molar-refractivity contribution in [2.45, 2.75) is 19.4 Å². The second-order valence-corrected chi connectivity index (χ2v) is 9.62. The number of aliphatic hydroxyl groups excluding tert-OH is 1. The lowest BCUT2D eigenvalue weighted by Gasteiger charge is -2.22. The number of anilines is 1. The first kappa shape index (κ1) is 23.7. The molecular weight excluding hydrogens is 502 g/mol. The van der Waals surface area contributed by atoms with Crippen molar-refractivity contribution >= 4 is 61.4 Å². The minimum atomic E-state index is -1.03. The number of aryl methyl sites for hydroxylation is 1. The summed E-state index contributed by atoms with van der Waals surface area (Å²) in [6.07, 6.45) is 0.831. The number of thiazole rings is 1. The highest BCUT2D eigenvalue weighted by Crippen LogP contribution is 2.44. The normalized spacial score (nSPS) is 17.2. The van der Waals surface area contributed by atoms with Crippen molar-refractivity contribution < 1.29 is 19.6 Å². The number of nitrogens with zero attached hydrogens (tertiary/aromatic N) is 3. The van der Waals surface area contributed by atoms with E-state index in [0.717, 1.165) is 16.7 Å². The average Bonchev–Trinajstić information content (AvgIpc) is 3.41. The molecule has 10 heteroatoms. The molecule has 2 heterocycles. The fourth-order valence-electron chi connectivity index (χ4n) is 4.17. The molecule has 4 aromatic rings. The van der Waals surface area contributed by atoms with Crippen molar-refractivity contribution in [1.82, 2.24) is 4.98 Å². The number of nitro groups is 1. The molecule has 0 spiro atoms. The molecule has 1 N–H and O–H groups in total. The first-order chi connectivity index (χ1) is 17.3. The zero-order valence-corrected chi connectivity index (χ0v) is 20.4. The Labute approximate surface area is 214 Å². The van der Waals surface area contributed by atoms with E-state index >= 15 is 0 Å². The average molecular weight is 520 g/mol. The van der Waals surface area contributed by atoms with Crippen LogP contribution < -0.4 is 4.90 Å². The van der Waals surface area contributed by atoms with Crippen molar-refractivity contribution in [3.8, 4) is 0 Å². The van der Waals surface area contributed by atoms with E-state index in [1.165, 1.54) is 40.5 Å². The highest BCUT2D eigenvalue weighted by molar-refractivity contribution is 7.22. The van der Waals surface area contributed by atoms with Gasteiger partial charge in [0, 0.05) is 22.7 Å². The van der Waals surface area contributed by atoms with Gasteiger partial charge in [0.1, 0.15) is 5.76 Å². The number of aliphatic hydroxyl groups is 1. The van der Waals surface area contributed by atoms with E-state index in [9.17, 15) is 24.8 Å². The smallest absolute Gasteiger partial charge is 0.301 e. The molecule has 1 atom stereocenters. The Morgan fingerprint density at radius 1 is 1.11 bits per heavy atom. The van der Waals surface area contributed by atoms with Crippen LogP contribution in [0.3, 0.4) is 0 Å². The number of carbonyl (C=O) groups excluding carboxylic acids is 2. The minimum Gasteiger partial charge on any atom is -0.507 e. The van der Waals surface area contributed by atoms with E-state index in [2.05, 4.69) is 4.98 Å². The Hall–Kier alpha value is -4.08. The molecule has 1 amide bonds. The van der Waals surface area contributed by atoms with Crippen LogP contribution in [-0.2, 0) is 16.0 Å². The van der Waals surface area contributed by atoms with Gasteiger partial charge in [-0.3, -0.25) is 24.6 Å². The number of aromatic nitrogens is 1. The molecule has 0 aliphatic carbocycles. The predicted octanol–water partition coefficient (Wildman–Crippen LogP) is 6.05. The molecule has 8 nitrogen and oxygen atoms in total. The number of amides is 1. The minimum absolute atomic E-state index is 0.135. The molecule has 1 fully saturated rings. The molecule has 3 aromatic carbocycles. The second kappa shape index (κ2) is 9.18. The Balaban J connectivity index is 1.71. The van der Waals surface area contributed by atoms with E-state index in [1.54, 1.807) is 24.3 Å². The van der Waals surface area contributed by atoms with Crippen LogP contribution in [0.25, 0.3) is 16.0 Å². The van der Waals surface area contributed by atoms with Gasteiger partial charge in [0.15, 0.2) is 5.13 Å². The summed E-state index contributed by atoms with van der Waals surface area (Å²) in [5.41, 5.74) is 2.24. The maximum absolute atomic E-state index is 13.3. The molecule has 0 unspecified atom stereocenters. The molecule has 36 heavy (non-hydrogen) atoms. The van der Waals surface area contributed by atoms with Gasteiger partial charge in [-0.15, -0.1) is 0 Å². The number of Topliss-reactive ketones (excluding diaryl/α,β-unsaturated/α-hetero) is 1. The lowest BCUT2D eigenvalue weighted by Crippen LogP contribution is -2.29. The van der Waals surface area contributed by atoms with Crippen LogP contribution in [0.2, 0.25) is 5.02 Å². The molecule has 0 bridgehead atoms. The fourth-order valence-corrected chi connectivity index (χ4v) is 5.35. The van der Waals surface area contributed by atoms with Gasteiger partial charge in [-0.25, -0.2) is 4.98 Å². The third kappa shape index (κ3) is 4.02. The Morgan fingerprint density at radius 2 is 1.81 bits per heavy atom. The number of rotatable bonds is 5. The molecule has 5 rings (SSSR count). The van der Waals surface area contributed by atoms with Crippen molar-refractivity contribution in [3.05, 3.63) is 104 Å². The summed E-state index contributed by atoms with van der Waals surface area (Å²) in [6.45, 7) is 2.03. The zero-order valence-electron chi connectivity index (χ0n) is 18.8. The lowest BCUT2D eigenvalue weighted by atomic mass is 9.95. The summed E-state index contributed by atoms with van der Waals surface area (Å²) in [7, 11) is 0. The van der Waals surface area contributed by atoms with Gasteiger partial charge in [0.2, 0.25) is 0 Å². The number of hydrogen-bond acceptors (Lipinski definition) is 7. The fraction of sp³-hybridized carbons (Fsp3) is 0.115. The monoisotopic (exact) mass is 519 g/mol. The summed E-state index contributed by atoms with van der Waals surface area (Å²) < 4.78 is 0.853.